The molecule has 1 saturated heterocycles. The van der Waals surface area contributed by atoms with E-state index >= 15 is 0 Å². The molecule has 1 heterocycles. The summed E-state index contributed by atoms with van der Waals surface area (Å²) in [5, 5.41) is 16.0. The molecule has 32 heavy (non-hydrogen) atoms. The van der Waals surface area contributed by atoms with E-state index in [4.69, 9.17) is 0 Å². The third-order valence-corrected chi connectivity index (χ3v) is 5.69. The van der Waals surface area contributed by atoms with Crippen molar-refractivity contribution in [2.24, 2.45) is 0 Å². The molecule has 0 saturated carbocycles. The summed E-state index contributed by atoms with van der Waals surface area (Å²) in [6, 6.07) is 19.9. The van der Waals surface area contributed by atoms with Gasteiger partial charge >= 0.3 is 0 Å². The Bertz CT molecular complexity index is 1150. The van der Waals surface area contributed by atoms with Crippen LogP contribution in [0.25, 0.3) is 10.8 Å². The molecule has 2 amide bonds. The first-order chi connectivity index (χ1) is 15.5. The van der Waals surface area contributed by atoms with Crippen LogP contribution >= 0.6 is 0 Å². The van der Waals surface area contributed by atoms with Gasteiger partial charge in [-0.25, -0.2) is 0 Å². The van der Waals surface area contributed by atoms with E-state index in [9.17, 15) is 19.7 Å². The number of benzene rings is 3. The molecule has 0 unspecified atom stereocenters. The zero-order chi connectivity index (χ0) is 22.5. The molecule has 0 aromatic heterocycles. The highest BCUT2D eigenvalue weighted by Crippen LogP contribution is 2.23. The number of nitro benzene ring substituents is 1. The highest BCUT2D eigenvalue weighted by molar-refractivity contribution is 6.07. The van der Waals surface area contributed by atoms with Crippen LogP contribution in [0.1, 0.15) is 16.8 Å². The van der Waals surface area contributed by atoms with Gasteiger partial charge in [0, 0.05) is 50.8 Å². The van der Waals surface area contributed by atoms with Crippen LogP contribution in [0.4, 0.5) is 11.4 Å². The lowest BCUT2D eigenvalue weighted by atomic mass is 10.0. The van der Waals surface area contributed by atoms with Crippen LogP contribution in [0, 0.1) is 10.1 Å². The predicted octanol–water partition coefficient (Wildman–Crippen LogP) is 3.53. The zero-order valence-electron chi connectivity index (χ0n) is 17.6. The second-order valence-corrected chi connectivity index (χ2v) is 7.65. The topological polar surface area (TPSA) is 95.8 Å². The lowest BCUT2D eigenvalue weighted by Gasteiger charge is -2.35. The molecule has 1 fully saturated rings. The number of para-hydroxylation sites is 2. The van der Waals surface area contributed by atoms with E-state index in [-0.39, 0.29) is 23.9 Å². The Labute approximate surface area is 185 Å². The van der Waals surface area contributed by atoms with Crippen LogP contribution < -0.4 is 5.32 Å². The standard InChI is InChI=1S/C24H24N4O4/c29-23(12-13-25-21-10-3-4-11-22(21)28(31)32)26-14-16-27(17-15-26)24(30)20-9-5-7-18-6-1-2-8-19(18)20/h1-11,25H,12-17H2. The first-order valence-electron chi connectivity index (χ1n) is 10.6. The van der Waals surface area contributed by atoms with Gasteiger partial charge in [0.15, 0.2) is 0 Å². The summed E-state index contributed by atoms with van der Waals surface area (Å²) in [5.41, 5.74) is 1.06. The fourth-order valence-electron chi connectivity index (χ4n) is 3.99. The van der Waals surface area contributed by atoms with Gasteiger partial charge in [0.25, 0.3) is 11.6 Å². The molecule has 8 nitrogen and oxygen atoms in total. The van der Waals surface area contributed by atoms with Crippen molar-refractivity contribution < 1.29 is 14.5 Å². The number of rotatable bonds is 6. The Kier molecular flexibility index (Phi) is 6.30. The van der Waals surface area contributed by atoms with Gasteiger partial charge in [-0.1, -0.05) is 48.5 Å². The number of hydrogen-bond donors (Lipinski definition) is 1. The summed E-state index contributed by atoms with van der Waals surface area (Å²) >= 11 is 0. The monoisotopic (exact) mass is 432 g/mol. The van der Waals surface area contributed by atoms with Gasteiger partial charge in [0.2, 0.25) is 5.91 Å². The first-order valence-corrected chi connectivity index (χ1v) is 10.6. The van der Waals surface area contributed by atoms with Crippen LogP contribution in [0.5, 0.6) is 0 Å². The predicted molar refractivity (Wildman–Crippen MR) is 123 cm³/mol. The highest BCUT2D eigenvalue weighted by atomic mass is 16.6. The van der Waals surface area contributed by atoms with Gasteiger partial charge in [-0.3, -0.25) is 19.7 Å². The van der Waals surface area contributed by atoms with Crippen molar-refractivity contribution in [2.75, 3.05) is 38.0 Å². The molecule has 0 spiro atoms. The number of anilines is 1. The normalized spacial score (nSPS) is 13.8. The molecular weight excluding hydrogens is 408 g/mol. The van der Waals surface area contributed by atoms with E-state index in [0.717, 1.165) is 10.8 Å². The molecule has 4 rings (SSSR count). The molecule has 0 bridgehead atoms. The summed E-state index contributed by atoms with van der Waals surface area (Å²) in [4.78, 5) is 39.8. The molecule has 3 aromatic carbocycles. The highest BCUT2D eigenvalue weighted by Gasteiger charge is 2.25. The molecule has 8 heteroatoms. The maximum Gasteiger partial charge on any atom is 0.292 e. The maximum atomic E-state index is 13.1. The van der Waals surface area contributed by atoms with E-state index in [1.165, 1.54) is 6.07 Å². The summed E-state index contributed by atoms with van der Waals surface area (Å²) in [6.07, 6.45) is 0.226. The number of nitrogens with zero attached hydrogens (tertiary/aromatic N) is 3. The third-order valence-electron chi connectivity index (χ3n) is 5.69. The van der Waals surface area contributed by atoms with Crippen molar-refractivity contribution in [1.82, 2.24) is 9.80 Å². The maximum absolute atomic E-state index is 13.1. The Balaban J connectivity index is 1.30. The largest absolute Gasteiger partial charge is 0.379 e. The van der Waals surface area contributed by atoms with Crippen molar-refractivity contribution in [3.63, 3.8) is 0 Å². The van der Waals surface area contributed by atoms with Crippen LogP contribution in [0.3, 0.4) is 0 Å². The van der Waals surface area contributed by atoms with Crippen molar-refractivity contribution in [3.05, 3.63) is 82.4 Å². The van der Waals surface area contributed by atoms with Gasteiger partial charge in [-0.15, -0.1) is 0 Å². The fraction of sp³-hybridized carbons (Fsp3) is 0.250. The average Bonchev–Trinajstić information content (AvgIpc) is 2.83. The Morgan fingerprint density at radius 2 is 1.53 bits per heavy atom. The average molecular weight is 432 g/mol. The molecule has 0 aliphatic carbocycles. The van der Waals surface area contributed by atoms with E-state index < -0.39 is 4.92 Å². The minimum atomic E-state index is -0.448. The Morgan fingerprint density at radius 3 is 2.31 bits per heavy atom. The smallest absolute Gasteiger partial charge is 0.292 e. The van der Waals surface area contributed by atoms with Crippen molar-refractivity contribution in [1.29, 1.82) is 0 Å². The Morgan fingerprint density at radius 1 is 0.875 bits per heavy atom. The Hall–Kier alpha value is -3.94. The number of carbonyl (C=O) groups excluding carboxylic acids is 2. The van der Waals surface area contributed by atoms with E-state index in [2.05, 4.69) is 5.32 Å². The molecular formula is C24H24N4O4. The van der Waals surface area contributed by atoms with E-state index in [0.29, 0.717) is 44.0 Å². The second kappa shape index (κ2) is 9.47. The molecule has 3 aromatic rings. The fourth-order valence-corrected chi connectivity index (χ4v) is 3.99. The van der Waals surface area contributed by atoms with Crippen molar-refractivity contribution in [2.45, 2.75) is 6.42 Å². The van der Waals surface area contributed by atoms with Crippen molar-refractivity contribution >= 4 is 34.0 Å². The number of nitrogens with one attached hydrogen (secondary N) is 1. The lowest BCUT2D eigenvalue weighted by molar-refractivity contribution is -0.384. The van der Waals surface area contributed by atoms with Crippen molar-refractivity contribution in [3.8, 4) is 0 Å². The molecule has 164 valence electrons. The summed E-state index contributed by atoms with van der Waals surface area (Å²) in [6.45, 7) is 2.21. The molecule has 1 aliphatic rings. The molecule has 0 atom stereocenters. The van der Waals surface area contributed by atoms with Gasteiger partial charge in [-0.05, 0) is 22.9 Å². The van der Waals surface area contributed by atoms with E-state index in [1.807, 2.05) is 42.5 Å². The van der Waals surface area contributed by atoms with Gasteiger partial charge < -0.3 is 15.1 Å². The first kappa shape index (κ1) is 21.3. The summed E-state index contributed by atoms with van der Waals surface area (Å²) in [5.74, 6) is -0.0553. The number of nitro groups is 1. The van der Waals surface area contributed by atoms with Gasteiger partial charge in [0.1, 0.15) is 5.69 Å². The summed E-state index contributed by atoms with van der Waals surface area (Å²) in [7, 11) is 0. The van der Waals surface area contributed by atoms with Gasteiger partial charge in [-0.2, -0.15) is 0 Å². The third kappa shape index (κ3) is 4.54. The summed E-state index contributed by atoms with van der Waals surface area (Å²) < 4.78 is 0. The minimum Gasteiger partial charge on any atom is -0.379 e. The van der Waals surface area contributed by atoms with Crippen LogP contribution in [0.15, 0.2) is 66.7 Å². The van der Waals surface area contributed by atoms with Crippen LogP contribution in [-0.4, -0.2) is 59.3 Å². The minimum absolute atomic E-state index is 0.0134. The molecule has 0 radical (unpaired) electrons. The molecule has 1 aliphatic heterocycles. The van der Waals surface area contributed by atoms with Gasteiger partial charge in [0.05, 0.1) is 4.92 Å². The number of amides is 2. The quantitative estimate of drug-likeness (QED) is 0.475. The second-order valence-electron chi connectivity index (χ2n) is 7.65. The zero-order valence-corrected chi connectivity index (χ0v) is 17.6. The van der Waals surface area contributed by atoms with Crippen LogP contribution in [-0.2, 0) is 4.79 Å². The number of hydrogen-bond acceptors (Lipinski definition) is 5. The number of piperazine rings is 1. The van der Waals surface area contributed by atoms with Crippen LogP contribution in [0.2, 0.25) is 0 Å². The number of carbonyl (C=O) groups is 2. The number of fused-ring (bicyclic) bond motifs is 1. The molecule has 1 N–H and O–H groups in total. The SMILES string of the molecule is O=C(CCNc1ccccc1[N+](=O)[O-])N1CCN(C(=O)c2cccc3ccccc23)CC1. The lowest BCUT2D eigenvalue weighted by Crippen LogP contribution is -2.50. The van der Waals surface area contributed by atoms with E-state index in [1.54, 1.807) is 28.0 Å².